The third kappa shape index (κ3) is 11.3. The fraction of sp³-hybridized carbons (Fsp3) is 0.545. The highest BCUT2D eigenvalue weighted by molar-refractivity contribution is 7.98. The van der Waals surface area contributed by atoms with E-state index in [0.29, 0.717) is 37.1 Å². The van der Waals surface area contributed by atoms with Gasteiger partial charge < -0.3 is 37.6 Å². The van der Waals surface area contributed by atoms with Gasteiger partial charge in [0.25, 0.3) is 0 Å². The van der Waals surface area contributed by atoms with Gasteiger partial charge >= 0.3 is 5.97 Å². The molecule has 0 heterocycles. The number of carboxylic acid groups (broad SMARTS) is 1. The highest BCUT2D eigenvalue weighted by atomic mass is 32.2. The van der Waals surface area contributed by atoms with Gasteiger partial charge in [0.05, 0.1) is 12.6 Å². The van der Waals surface area contributed by atoms with Crippen molar-refractivity contribution in [3.05, 3.63) is 29.8 Å². The quantitative estimate of drug-likeness (QED) is 0.145. The van der Waals surface area contributed by atoms with Crippen LogP contribution in [0, 0.1) is 0 Å². The number of nitrogens with two attached hydrogens (primary N) is 2. The van der Waals surface area contributed by atoms with E-state index in [-0.39, 0.29) is 18.6 Å². The minimum atomic E-state index is -1.17. The van der Waals surface area contributed by atoms with Crippen LogP contribution in [0.1, 0.15) is 31.2 Å². The number of amides is 3. The number of unbranched alkanes of at least 4 members (excludes halogenated alkanes) is 1. The number of aromatic hydroxyl groups is 1. The van der Waals surface area contributed by atoms with Crippen LogP contribution in [0.5, 0.6) is 5.75 Å². The first-order valence-corrected chi connectivity index (χ1v) is 12.4. The van der Waals surface area contributed by atoms with Gasteiger partial charge in [-0.2, -0.15) is 11.8 Å². The molecule has 34 heavy (non-hydrogen) atoms. The Morgan fingerprint density at radius 1 is 1.00 bits per heavy atom. The van der Waals surface area contributed by atoms with Crippen LogP contribution in [0.25, 0.3) is 0 Å². The fourth-order valence-electron chi connectivity index (χ4n) is 3.02. The maximum atomic E-state index is 12.8. The molecule has 0 aromatic heterocycles. The van der Waals surface area contributed by atoms with Gasteiger partial charge in [-0.05, 0) is 61.9 Å². The maximum absolute atomic E-state index is 12.8. The van der Waals surface area contributed by atoms with Gasteiger partial charge in [0, 0.05) is 6.42 Å². The van der Waals surface area contributed by atoms with Crippen molar-refractivity contribution in [3.8, 4) is 5.75 Å². The molecule has 12 heteroatoms. The molecule has 11 nitrogen and oxygen atoms in total. The molecule has 3 unspecified atom stereocenters. The van der Waals surface area contributed by atoms with Gasteiger partial charge in [0.15, 0.2) is 0 Å². The van der Waals surface area contributed by atoms with Crippen LogP contribution in [0.3, 0.4) is 0 Å². The third-order valence-electron chi connectivity index (χ3n) is 4.98. The number of aliphatic carboxylic acids is 1. The summed E-state index contributed by atoms with van der Waals surface area (Å²) in [6, 6.07) is 3.24. The molecule has 0 aliphatic rings. The lowest BCUT2D eigenvalue weighted by atomic mass is 10.0. The first-order chi connectivity index (χ1) is 16.2. The number of phenols is 1. The molecular formula is C22H35N5O6S. The molecule has 3 amide bonds. The van der Waals surface area contributed by atoms with Crippen LogP contribution in [0.4, 0.5) is 0 Å². The number of nitrogens with one attached hydrogen (secondary N) is 3. The molecule has 3 atom stereocenters. The molecule has 0 aliphatic carbocycles. The second kappa shape index (κ2) is 15.9. The zero-order valence-electron chi connectivity index (χ0n) is 19.3. The third-order valence-corrected chi connectivity index (χ3v) is 5.63. The van der Waals surface area contributed by atoms with E-state index in [0.717, 1.165) is 0 Å². The maximum Gasteiger partial charge on any atom is 0.326 e. The average Bonchev–Trinajstić information content (AvgIpc) is 2.81. The Morgan fingerprint density at radius 3 is 2.26 bits per heavy atom. The number of phenolic OH excluding ortho intramolecular Hbond substituents is 1. The molecule has 190 valence electrons. The average molecular weight is 498 g/mol. The normalized spacial score (nSPS) is 13.4. The standard InChI is InChI=1S/C22H35N5O6S/c1-34-11-9-16(24)20(30)27-18(12-14-5-7-15(28)8-6-14)21(31)25-13-19(29)26-17(22(32)33)4-2-3-10-23/h5-8,16-18,28H,2-4,9-13,23-24H2,1H3,(H,25,31)(H,26,29)(H,27,30)(H,32,33). The van der Waals surface area contributed by atoms with E-state index in [1.807, 2.05) is 6.26 Å². The van der Waals surface area contributed by atoms with Crippen LogP contribution >= 0.6 is 11.8 Å². The minimum Gasteiger partial charge on any atom is -0.508 e. The largest absolute Gasteiger partial charge is 0.508 e. The number of carboxylic acids is 1. The van der Waals surface area contributed by atoms with Crippen LogP contribution in [-0.2, 0) is 25.6 Å². The summed E-state index contributed by atoms with van der Waals surface area (Å²) in [6.45, 7) is -0.0363. The van der Waals surface area contributed by atoms with Crippen molar-refractivity contribution in [2.75, 3.05) is 25.1 Å². The molecule has 0 aliphatic heterocycles. The molecule has 1 aromatic carbocycles. The number of carbonyl (C=O) groups excluding carboxylic acids is 3. The summed E-state index contributed by atoms with van der Waals surface area (Å²) in [5.74, 6) is -2.22. The monoisotopic (exact) mass is 497 g/mol. The van der Waals surface area contributed by atoms with E-state index in [1.54, 1.807) is 23.9 Å². The zero-order chi connectivity index (χ0) is 25.5. The summed E-state index contributed by atoms with van der Waals surface area (Å²) in [5, 5.41) is 26.2. The second-order valence-electron chi connectivity index (χ2n) is 7.78. The van der Waals surface area contributed by atoms with E-state index in [2.05, 4.69) is 16.0 Å². The molecule has 0 radical (unpaired) electrons. The van der Waals surface area contributed by atoms with Gasteiger partial charge in [-0.25, -0.2) is 4.79 Å². The number of benzene rings is 1. The van der Waals surface area contributed by atoms with E-state index >= 15 is 0 Å². The number of rotatable bonds is 16. The lowest BCUT2D eigenvalue weighted by molar-refractivity contribution is -0.142. The van der Waals surface area contributed by atoms with Gasteiger partial charge in [0.1, 0.15) is 17.8 Å². The molecule has 9 N–H and O–H groups in total. The number of thioether (sulfide) groups is 1. The van der Waals surface area contributed by atoms with Gasteiger partial charge in [-0.15, -0.1) is 0 Å². The predicted octanol–water partition coefficient (Wildman–Crippen LogP) is -0.685. The summed E-state index contributed by atoms with van der Waals surface area (Å²) in [7, 11) is 0. The van der Waals surface area contributed by atoms with Crippen molar-refractivity contribution in [1.82, 2.24) is 16.0 Å². The molecule has 1 aromatic rings. The van der Waals surface area contributed by atoms with Crippen LogP contribution < -0.4 is 27.4 Å². The first kappa shape index (κ1) is 29.2. The molecule has 0 saturated heterocycles. The van der Waals surface area contributed by atoms with E-state index in [9.17, 15) is 29.4 Å². The summed E-state index contributed by atoms with van der Waals surface area (Å²) in [6.07, 6.45) is 3.82. The Hall–Kier alpha value is -2.83. The van der Waals surface area contributed by atoms with Crippen LogP contribution in [0.15, 0.2) is 24.3 Å². The van der Waals surface area contributed by atoms with Crippen molar-refractivity contribution in [2.24, 2.45) is 11.5 Å². The van der Waals surface area contributed by atoms with Gasteiger partial charge in [-0.1, -0.05) is 12.1 Å². The summed E-state index contributed by atoms with van der Waals surface area (Å²) < 4.78 is 0. The lowest BCUT2D eigenvalue weighted by Gasteiger charge is -2.21. The molecule has 0 spiro atoms. The van der Waals surface area contributed by atoms with Crippen LogP contribution in [-0.4, -0.2) is 77.1 Å². The highest BCUT2D eigenvalue weighted by Gasteiger charge is 2.25. The smallest absolute Gasteiger partial charge is 0.326 e. The van der Waals surface area contributed by atoms with Crippen LogP contribution in [0.2, 0.25) is 0 Å². The fourth-order valence-corrected chi connectivity index (χ4v) is 3.51. The molecule has 1 rings (SSSR count). The Bertz CT molecular complexity index is 807. The van der Waals surface area contributed by atoms with Crippen molar-refractivity contribution >= 4 is 35.5 Å². The zero-order valence-corrected chi connectivity index (χ0v) is 20.1. The molecule has 0 fully saturated rings. The predicted molar refractivity (Wildman–Crippen MR) is 130 cm³/mol. The number of hydrogen-bond acceptors (Lipinski definition) is 8. The van der Waals surface area contributed by atoms with Gasteiger partial charge in [-0.3, -0.25) is 14.4 Å². The summed E-state index contributed by atoms with van der Waals surface area (Å²) in [4.78, 5) is 48.8. The lowest BCUT2D eigenvalue weighted by Crippen LogP contribution is -2.54. The SMILES string of the molecule is CSCCC(N)C(=O)NC(Cc1ccc(O)cc1)C(=O)NCC(=O)NC(CCCCN)C(=O)O. The van der Waals surface area contributed by atoms with Crippen molar-refractivity contribution < 1.29 is 29.4 Å². The van der Waals surface area contributed by atoms with E-state index < -0.39 is 48.4 Å². The Morgan fingerprint density at radius 2 is 1.68 bits per heavy atom. The van der Waals surface area contributed by atoms with Gasteiger partial charge in [0.2, 0.25) is 17.7 Å². The van der Waals surface area contributed by atoms with E-state index in [1.165, 1.54) is 12.1 Å². The number of carbonyl (C=O) groups is 4. The van der Waals surface area contributed by atoms with Crippen molar-refractivity contribution in [3.63, 3.8) is 0 Å². The first-order valence-electron chi connectivity index (χ1n) is 11.0. The number of hydrogen-bond donors (Lipinski definition) is 7. The molecule has 0 bridgehead atoms. The Labute approximate surface area is 203 Å². The summed E-state index contributed by atoms with van der Waals surface area (Å²) in [5.41, 5.74) is 12.0. The second-order valence-corrected chi connectivity index (χ2v) is 8.77. The summed E-state index contributed by atoms with van der Waals surface area (Å²) >= 11 is 1.55. The molecule has 0 saturated carbocycles. The van der Waals surface area contributed by atoms with E-state index in [4.69, 9.17) is 11.5 Å². The highest BCUT2D eigenvalue weighted by Crippen LogP contribution is 2.12. The Balaban J connectivity index is 2.77. The minimum absolute atomic E-state index is 0.0593. The van der Waals surface area contributed by atoms with Crippen molar-refractivity contribution in [2.45, 2.75) is 50.2 Å². The topological polar surface area (TPSA) is 197 Å². The van der Waals surface area contributed by atoms with Crippen molar-refractivity contribution in [1.29, 1.82) is 0 Å². The molecular weight excluding hydrogens is 462 g/mol. The Kier molecular flexibility index (Phi) is 13.7.